The van der Waals surface area contributed by atoms with Crippen molar-refractivity contribution in [2.45, 2.75) is 26.5 Å². The summed E-state index contributed by atoms with van der Waals surface area (Å²) in [6.07, 6.45) is 0.247. The summed E-state index contributed by atoms with van der Waals surface area (Å²) in [5.74, 6) is 0. The molecule has 0 unspecified atom stereocenters. The summed E-state index contributed by atoms with van der Waals surface area (Å²) in [5.41, 5.74) is 2.14. The van der Waals surface area contributed by atoms with E-state index in [0.717, 1.165) is 34.0 Å². The second-order valence-electron chi connectivity index (χ2n) is 5.07. The van der Waals surface area contributed by atoms with E-state index in [1.807, 2.05) is 32.0 Å². The molecule has 1 N–H and O–H groups in total. The molecule has 0 saturated heterocycles. The summed E-state index contributed by atoms with van der Waals surface area (Å²) in [5, 5.41) is 21.0. The lowest BCUT2D eigenvalue weighted by Crippen LogP contribution is -2.22. The molecule has 1 aromatic carbocycles. The number of benzene rings is 1. The van der Waals surface area contributed by atoms with Gasteiger partial charge in [0, 0.05) is 12.1 Å². The number of pyridine rings is 1. The van der Waals surface area contributed by atoms with Crippen LogP contribution < -0.4 is 5.56 Å². The van der Waals surface area contributed by atoms with Crippen molar-refractivity contribution in [1.29, 1.82) is 0 Å². The summed E-state index contributed by atoms with van der Waals surface area (Å²) in [6, 6.07) is 7.93. The highest BCUT2D eigenvalue weighted by Gasteiger charge is 2.13. The van der Waals surface area contributed by atoms with E-state index in [0.29, 0.717) is 5.56 Å². The van der Waals surface area contributed by atoms with Gasteiger partial charge in [0.15, 0.2) is 0 Å². The van der Waals surface area contributed by atoms with Crippen molar-refractivity contribution < 1.29 is 10.0 Å². The number of aliphatic hydroxyl groups is 1. The normalized spacial score (nSPS) is 12.1. The van der Waals surface area contributed by atoms with Gasteiger partial charge in [-0.1, -0.05) is 29.3 Å². The first kappa shape index (κ1) is 14.9. The highest BCUT2D eigenvalue weighted by atomic mass is 16.6. The SMILES string of the molecule is Cc1cc(C)cc([C@@H](O)Cn2cc([N+](=O)[O-])ccc2=O)c1. The maximum absolute atomic E-state index is 11.7. The molecule has 1 heterocycles. The summed E-state index contributed by atoms with van der Waals surface area (Å²) in [6.45, 7) is 3.81. The number of rotatable bonds is 4. The minimum Gasteiger partial charge on any atom is -0.387 e. The third-order valence-corrected chi connectivity index (χ3v) is 3.18. The van der Waals surface area contributed by atoms with E-state index in [-0.39, 0.29) is 17.8 Å². The zero-order valence-electron chi connectivity index (χ0n) is 11.8. The number of aliphatic hydroxyl groups excluding tert-OH is 1. The lowest BCUT2D eigenvalue weighted by atomic mass is 10.0. The molecule has 1 atom stereocenters. The molecular weight excluding hydrogens is 272 g/mol. The van der Waals surface area contributed by atoms with Crippen LogP contribution in [-0.4, -0.2) is 14.6 Å². The van der Waals surface area contributed by atoms with Gasteiger partial charge in [-0.25, -0.2) is 0 Å². The molecule has 0 aliphatic heterocycles. The molecular formula is C15H16N2O4. The van der Waals surface area contributed by atoms with Crippen LogP contribution in [0.15, 0.2) is 41.3 Å². The van der Waals surface area contributed by atoms with Crippen molar-refractivity contribution in [1.82, 2.24) is 4.57 Å². The summed E-state index contributed by atoms with van der Waals surface area (Å²) >= 11 is 0. The van der Waals surface area contributed by atoms with Gasteiger partial charge in [-0.15, -0.1) is 0 Å². The molecule has 0 fully saturated rings. The number of hydrogen-bond acceptors (Lipinski definition) is 4. The Hall–Kier alpha value is -2.47. The second kappa shape index (κ2) is 5.88. The van der Waals surface area contributed by atoms with E-state index >= 15 is 0 Å². The van der Waals surface area contributed by atoms with Gasteiger partial charge in [-0.05, 0) is 19.4 Å². The van der Waals surface area contributed by atoms with Crippen molar-refractivity contribution in [2.24, 2.45) is 0 Å². The minimum absolute atomic E-state index is 0.0244. The first-order valence-electron chi connectivity index (χ1n) is 6.48. The third kappa shape index (κ3) is 3.55. The maximum Gasteiger partial charge on any atom is 0.285 e. The average Bonchev–Trinajstić information content (AvgIpc) is 2.39. The van der Waals surface area contributed by atoms with E-state index in [1.165, 1.54) is 0 Å². The summed E-state index contributed by atoms with van der Waals surface area (Å²) in [7, 11) is 0. The zero-order chi connectivity index (χ0) is 15.6. The predicted molar refractivity (Wildman–Crippen MR) is 78.2 cm³/mol. The van der Waals surface area contributed by atoms with E-state index in [9.17, 15) is 20.0 Å². The van der Waals surface area contributed by atoms with Gasteiger partial charge in [-0.2, -0.15) is 0 Å². The van der Waals surface area contributed by atoms with Crippen LogP contribution in [0.25, 0.3) is 0 Å². The number of aryl methyl sites for hydroxylation is 2. The van der Waals surface area contributed by atoms with Crippen LogP contribution in [0.2, 0.25) is 0 Å². The van der Waals surface area contributed by atoms with Crippen molar-refractivity contribution in [3.8, 4) is 0 Å². The largest absolute Gasteiger partial charge is 0.387 e. The quantitative estimate of drug-likeness (QED) is 0.689. The Morgan fingerprint density at radius 1 is 1.24 bits per heavy atom. The Balaban J connectivity index is 2.30. The highest BCUT2D eigenvalue weighted by Crippen LogP contribution is 2.19. The van der Waals surface area contributed by atoms with Gasteiger partial charge in [0.1, 0.15) is 0 Å². The van der Waals surface area contributed by atoms with E-state index in [1.54, 1.807) is 0 Å². The number of nitrogens with zero attached hydrogens (tertiary/aromatic N) is 2. The van der Waals surface area contributed by atoms with E-state index in [4.69, 9.17) is 0 Å². The van der Waals surface area contributed by atoms with Crippen LogP contribution in [-0.2, 0) is 6.54 Å². The van der Waals surface area contributed by atoms with Crippen molar-refractivity contribution >= 4 is 5.69 Å². The van der Waals surface area contributed by atoms with Crippen molar-refractivity contribution in [2.75, 3.05) is 0 Å². The molecule has 2 rings (SSSR count). The number of nitro groups is 1. The van der Waals surface area contributed by atoms with Gasteiger partial charge in [0.25, 0.3) is 11.2 Å². The highest BCUT2D eigenvalue weighted by molar-refractivity contribution is 5.30. The molecule has 1 aromatic heterocycles. The van der Waals surface area contributed by atoms with Gasteiger partial charge >= 0.3 is 0 Å². The van der Waals surface area contributed by atoms with Crippen LogP contribution in [0.4, 0.5) is 5.69 Å². The fraction of sp³-hybridized carbons (Fsp3) is 0.267. The zero-order valence-corrected chi connectivity index (χ0v) is 11.8. The van der Waals surface area contributed by atoms with Gasteiger partial charge in [-0.3, -0.25) is 14.9 Å². The van der Waals surface area contributed by atoms with Crippen molar-refractivity contribution in [3.63, 3.8) is 0 Å². The Kier molecular flexibility index (Phi) is 4.18. The number of aromatic nitrogens is 1. The molecule has 6 heteroatoms. The van der Waals surface area contributed by atoms with Gasteiger partial charge < -0.3 is 9.67 Å². The van der Waals surface area contributed by atoms with Crippen LogP contribution in [0.3, 0.4) is 0 Å². The molecule has 6 nitrogen and oxygen atoms in total. The first-order valence-corrected chi connectivity index (χ1v) is 6.48. The van der Waals surface area contributed by atoms with Crippen LogP contribution in [0.5, 0.6) is 0 Å². The lowest BCUT2D eigenvalue weighted by molar-refractivity contribution is -0.385. The summed E-state index contributed by atoms with van der Waals surface area (Å²) in [4.78, 5) is 21.9. The minimum atomic E-state index is -0.900. The fourth-order valence-corrected chi connectivity index (χ4v) is 2.26. The Bertz CT molecular complexity index is 716. The topological polar surface area (TPSA) is 85.4 Å². The average molecular weight is 288 g/mol. The molecule has 110 valence electrons. The van der Waals surface area contributed by atoms with E-state index in [2.05, 4.69) is 0 Å². The van der Waals surface area contributed by atoms with Gasteiger partial charge in [0.2, 0.25) is 0 Å². The Labute approximate surface area is 121 Å². The fourth-order valence-electron chi connectivity index (χ4n) is 2.26. The summed E-state index contributed by atoms with van der Waals surface area (Å²) < 4.78 is 1.15. The standard InChI is InChI=1S/C15H16N2O4/c1-10-5-11(2)7-12(6-10)14(18)9-16-8-13(17(20)21)3-4-15(16)19/h3-8,14,18H,9H2,1-2H3/t14-/m0/s1. The molecule has 2 aromatic rings. The monoisotopic (exact) mass is 288 g/mol. The smallest absolute Gasteiger partial charge is 0.285 e. The predicted octanol–water partition coefficient (Wildman–Crippen LogP) is 2.11. The van der Waals surface area contributed by atoms with Gasteiger partial charge in [0.05, 0.1) is 23.8 Å². The molecule has 0 bridgehead atoms. The molecule has 0 aliphatic rings. The van der Waals surface area contributed by atoms with Crippen LogP contribution in [0, 0.1) is 24.0 Å². The molecule has 0 aliphatic carbocycles. The van der Waals surface area contributed by atoms with Crippen molar-refractivity contribution in [3.05, 3.63) is 73.7 Å². The van der Waals surface area contributed by atoms with E-state index < -0.39 is 11.0 Å². The molecule has 0 spiro atoms. The number of hydrogen-bond donors (Lipinski definition) is 1. The van der Waals surface area contributed by atoms with Crippen LogP contribution in [0.1, 0.15) is 22.8 Å². The Morgan fingerprint density at radius 2 is 1.86 bits per heavy atom. The van der Waals surface area contributed by atoms with Crippen LogP contribution >= 0.6 is 0 Å². The maximum atomic E-state index is 11.7. The Morgan fingerprint density at radius 3 is 2.43 bits per heavy atom. The molecule has 21 heavy (non-hydrogen) atoms. The molecule has 0 radical (unpaired) electrons. The molecule has 0 saturated carbocycles. The first-order chi connectivity index (χ1) is 9.86. The third-order valence-electron chi connectivity index (χ3n) is 3.18. The molecule has 0 amide bonds. The lowest BCUT2D eigenvalue weighted by Gasteiger charge is -2.14. The second-order valence-corrected chi connectivity index (χ2v) is 5.07.